The summed E-state index contributed by atoms with van der Waals surface area (Å²) in [4.78, 5) is 13.2. The molecule has 0 aromatic heterocycles. The number of benzene rings is 1. The van der Waals surface area contributed by atoms with Crippen molar-refractivity contribution < 1.29 is 9.90 Å². The molecule has 0 aliphatic rings. The third kappa shape index (κ3) is 5.73. The van der Waals surface area contributed by atoms with Crippen LogP contribution in [-0.2, 0) is 4.79 Å². The van der Waals surface area contributed by atoms with Gasteiger partial charge in [0.1, 0.15) is 0 Å². The van der Waals surface area contributed by atoms with E-state index in [1.807, 2.05) is 45.0 Å². The topological polar surface area (TPSA) is 49.3 Å². The zero-order chi connectivity index (χ0) is 15.1. The van der Waals surface area contributed by atoms with Crippen LogP contribution in [0.4, 0.5) is 0 Å². The molecule has 0 aliphatic carbocycles. The zero-order valence-electron chi connectivity index (χ0n) is 12.1. The van der Waals surface area contributed by atoms with Gasteiger partial charge < -0.3 is 10.4 Å². The van der Waals surface area contributed by atoms with E-state index in [1.54, 1.807) is 0 Å². The van der Waals surface area contributed by atoms with Gasteiger partial charge in [-0.05, 0) is 43.5 Å². The minimum absolute atomic E-state index is 0.00269. The molecular weight excluding hydrogens is 294 g/mol. The molecule has 1 aromatic rings. The molecule has 2 atom stereocenters. The second kappa shape index (κ2) is 8.55. The molecule has 5 heteroatoms. The van der Waals surface area contributed by atoms with Crippen LogP contribution in [0, 0.1) is 5.92 Å². The van der Waals surface area contributed by atoms with Crippen molar-refractivity contribution >= 4 is 29.3 Å². The number of aliphatic hydroxyl groups excluding tert-OH is 1. The van der Waals surface area contributed by atoms with Crippen molar-refractivity contribution in [3.05, 3.63) is 29.3 Å². The summed E-state index contributed by atoms with van der Waals surface area (Å²) in [5.41, 5.74) is 0. The van der Waals surface area contributed by atoms with Crippen molar-refractivity contribution in [2.75, 3.05) is 6.61 Å². The van der Waals surface area contributed by atoms with Gasteiger partial charge in [-0.25, -0.2) is 0 Å². The first-order chi connectivity index (χ1) is 9.43. The van der Waals surface area contributed by atoms with Crippen LogP contribution in [0.15, 0.2) is 29.2 Å². The lowest BCUT2D eigenvalue weighted by molar-refractivity contribution is -0.121. The minimum Gasteiger partial charge on any atom is -0.396 e. The molecule has 0 saturated carbocycles. The Balaban J connectivity index is 2.55. The second-order valence-corrected chi connectivity index (χ2v) is 6.94. The lowest BCUT2D eigenvalue weighted by Crippen LogP contribution is -2.42. The van der Waals surface area contributed by atoms with Gasteiger partial charge >= 0.3 is 0 Å². The summed E-state index contributed by atoms with van der Waals surface area (Å²) in [6.45, 7) is 6.04. The fraction of sp³-hybridized carbons (Fsp3) is 0.533. The van der Waals surface area contributed by atoms with Gasteiger partial charge in [0.25, 0.3) is 0 Å². The highest BCUT2D eigenvalue weighted by Crippen LogP contribution is 2.25. The molecule has 2 unspecified atom stereocenters. The van der Waals surface area contributed by atoms with Crippen LogP contribution in [0.2, 0.25) is 5.02 Å². The van der Waals surface area contributed by atoms with Gasteiger partial charge in [0.05, 0.1) is 5.25 Å². The smallest absolute Gasteiger partial charge is 0.233 e. The van der Waals surface area contributed by atoms with Crippen LogP contribution in [0.1, 0.15) is 27.2 Å². The van der Waals surface area contributed by atoms with E-state index in [4.69, 9.17) is 16.7 Å². The summed E-state index contributed by atoms with van der Waals surface area (Å²) < 4.78 is 0. The fourth-order valence-electron chi connectivity index (χ4n) is 1.78. The van der Waals surface area contributed by atoms with E-state index in [1.165, 1.54) is 11.8 Å². The zero-order valence-corrected chi connectivity index (χ0v) is 13.7. The Morgan fingerprint density at radius 1 is 1.30 bits per heavy atom. The Bertz CT molecular complexity index is 422. The molecule has 20 heavy (non-hydrogen) atoms. The number of thioether (sulfide) groups is 1. The van der Waals surface area contributed by atoms with Gasteiger partial charge in [0.15, 0.2) is 0 Å². The van der Waals surface area contributed by atoms with Crippen LogP contribution in [0.25, 0.3) is 0 Å². The van der Waals surface area contributed by atoms with Crippen molar-refractivity contribution in [2.24, 2.45) is 5.92 Å². The minimum atomic E-state index is -0.184. The van der Waals surface area contributed by atoms with Crippen molar-refractivity contribution in [3.8, 4) is 0 Å². The standard InChI is InChI=1S/C15H22ClNO2S/c1-10(2)14(8-9-18)17-15(19)11(3)20-13-6-4-12(16)5-7-13/h4-7,10-11,14,18H,8-9H2,1-3H3,(H,17,19). The van der Waals surface area contributed by atoms with E-state index in [0.29, 0.717) is 17.4 Å². The number of halogens is 1. The first kappa shape index (κ1) is 17.3. The third-order valence-corrected chi connectivity index (χ3v) is 4.43. The molecule has 0 radical (unpaired) electrons. The fourth-order valence-corrected chi connectivity index (χ4v) is 2.78. The van der Waals surface area contributed by atoms with E-state index in [-0.39, 0.29) is 23.8 Å². The van der Waals surface area contributed by atoms with Crippen LogP contribution in [0.3, 0.4) is 0 Å². The monoisotopic (exact) mass is 315 g/mol. The average molecular weight is 316 g/mol. The van der Waals surface area contributed by atoms with Gasteiger partial charge in [-0.3, -0.25) is 4.79 Å². The summed E-state index contributed by atoms with van der Waals surface area (Å²) in [5, 5.41) is 12.5. The van der Waals surface area contributed by atoms with Gasteiger partial charge in [0.2, 0.25) is 5.91 Å². The molecule has 3 nitrogen and oxygen atoms in total. The Morgan fingerprint density at radius 3 is 2.40 bits per heavy atom. The summed E-state index contributed by atoms with van der Waals surface area (Å²) in [6, 6.07) is 7.46. The maximum absolute atomic E-state index is 12.2. The number of hydrogen-bond donors (Lipinski definition) is 2. The van der Waals surface area contributed by atoms with E-state index >= 15 is 0 Å². The molecule has 2 N–H and O–H groups in total. The van der Waals surface area contributed by atoms with Gasteiger partial charge in [-0.2, -0.15) is 0 Å². The van der Waals surface area contributed by atoms with Crippen LogP contribution < -0.4 is 5.32 Å². The number of aliphatic hydroxyl groups is 1. The molecule has 1 amide bonds. The molecule has 1 aromatic carbocycles. The van der Waals surface area contributed by atoms with Crippen LogP contribution in [0.5, 0.6) is 0 Å². The molecule has 0 saturated heterocycles. The van der Waals surface area contributed by atoms with Crippen molar-refractivity contribution in [3.63, 3.8) is 0 Å². The number of amides is 1. The maximum Gasteiger partial charge on any atom is 0.233 e. The molecule has 0 aliphatic heterocycles. The van der Waals surface area contributed by atoms with Gasteiger partial charge in [-0.15, -0.1) is 11.8 Å². The first-order valence-corrected chi connectivity index (χ1v) is 8.03. The molecular formula is C15H22ClNO2S. The van der Waals surface area contributed by atoms with Crippen LogP contribution >= 0.6 is 23.4 Å². The van der Waals surface area contributed by atoms with Gasteiger partial charge in [-0.1, -0.05) is 25.4 Å². The van der Waals surface area contributed by atoms with Crippen molar-refractivity contribution in [1.82, 2.24) is 5.32 Å². The Kier molecular flexibility index (Phi) is 7.41. The number of hydrogen-bond acceptors (Lipinski definition) is 3. The van der Waals surface area contributed by atoms with Crippen molar-refractivity contribution in [2.45, 2.75) is 43.4 Å². The maximum atomic E-state index is 12.2. The summed E-state index contributed by atoms with van der Waals surface area (Å²) >= 11 is 7.34. The SMILES string of the molecule is CC(Sc1ccc(Cl)cc1)C(=O)NC(CCO)C(C)C. The summed E-state index contributed by atoms with van der Waals surface area (Å²) in [5.74, 6) is 0.302. The normalized spacial score (nSPS) is 14.1. The summed E-state index contributed by atoms with van der Waals surface area (Å²) in [7, 11) is 0. The Hall–Kier alpha value is -0.710. The van der Waals surface area contributed by atoms with E-state index in [2.05, 4.69) is 5.32 Å². The predicted molar refractivity (Wildman–Crippen MR) is 85.2 cm³/mol. The van der Waals surface area contributed by atoms with E-state index in [0.717, 1.165) is 4.90 Å². The second-order valence-electron chi connectivity index (χ2n) is 5.09. The summed E-state index contributed by atoms with van der Waals surface area (Å²) in [6.07, 6.45) is 0.585. The highest BCUT2D eigenvalue weighted by Gasteiger charge is 2.20. The predicted octanol–water partition coefficient (Wildman–Crippen LogP) is 3.34. The largest absolute Gasteiger partial charge is 0.396 e. The number of carbonyl (C=O) groups excluding carboxylic acids is 1. The first-order valence-electron chi connectivity index (χ1n) is 6.77. The number of rotatable bonds is 7. The Morgan fingerprint density at radius 2 is 1.90 bits per heavy atom. The highest BCUT2D eigenvalue weighted by molar-refractivity contribution is 8.00. The van der Waals surface area contributed by atoms with Gasteiger partial charge in [0, 0.05) is 22.6 Å². The lowest BCUT2D eigenvalue weighted by Gasteiger charge is -2.23. The van der Waals surface area contributed by atoms with Crippen molar-refractivity contribution in [1.29, 1.82) is 0 Å². The molecule has 1 rings (SSSR count). The quantitative estimate of drug-likeness (QED) is 0.759. The number of carbonyl (C=O) groups is 1. The molecule has 0 heterocycles. The van der Waals surface area contributed by atoms with E-state index in [9.17, 15) is 4.79 Å². The molecule has 112 valence electrons. The number of nitrogens with one attached hydrogen (secondary N) is 1. The molecule has 0 fully saturated rings. The average Bonchev–Trinajstić information content (AvgIpc) is 2.40. The third-order valence-electron chi connectivity index (χ3n) is 3.07. The molecule has 0 spiro atoms. The van der Waals surface area contributed by atoms with E-state index < -0.39 is 0 Å². The lowest BCUT2D eigenvalue weighted by atomic mass is 10.0. The van der Waals surface area contributed by atoms with Crippen LogP contribution in [-0.4, -0.2) is 28.9 Å². The Labute approximate surface area is 130 Å². The molecule has 0 bridgehead atoms. The highest BCUT2D eigenvalue weighted by atomic mass is 35.5.